The van der Waals surface area contributed by atoms with E-state index < -0.39 is 11.6 Å². The molecule has 2 aromatic carbocycles. The van der Waals surface area contributed by atoms with Crippen LogP contribution in [0.2, 0.25) is 0 Å². The summed E-state index contributed by atoms with van der Waals surface area (Å²) in [5.41, 5.74) is 5.21. The molecule has 0 spiro atoms. The molecule has 1 heterocycles. The van der Waals surface area contributed by atoms with Crippen LogP contribution in [0.15, 0.2) is 36.4 Å². The molecular formula is C23H24F2N2. The van der Waals surface area contributed by atoms with Crippen molar-refractivity contribution in [2.24, 2.45) is 5.92 Å². The van der Waals surface area contributed by atoms with E-state index in [0.29, 0.717) is 17.9 Å². The summed E-state index contributed by atoms with van der Waals surface area (Å²) < 4.78 is 27.2. The standard InChI is InChI=1S/C23H24F2N2/c1-16-11-18(5-3-9-26)12-17(2)23(16)27-10-4-6-19(15-27)13-20-7-8-21(24)14-22(20)25/h3,5,7-8,11-12,14,19H,4,6,10,13,15H2,1-2H3/b5-3+. The number of nitrogens with zero attached hydrogens (tertiary/aromatic N) is 2. The lowest BCUT2D eigenvalue weighted by atomic mass is 9.90. The molecule has 0 bridgehead atoms. The summed E-state index contributed by atoms with van der Waals surface area (Å²) in [7, 11) is 0. The summed E-state index contributed by atoms with van der Waals surface area (Å²) >= 11 is 0. The highest BCUT2D eigenvalue weighted by molar-refractivity contribution is 5.65. The summed E-state index contributed by atoms with van der Waals surface area (Å²) in [5.74, 6) is -0.637. The zero-order valence-electron chi connectivity index (χ0n) is 15.8. The molecule has 0 saturated carbocycles. The highest BCUT2D eigenvalue weighted by atomic mass is 19.1. The number of nitriles is 1. The minimum atomic E-state index is -0.529. The Bertz CT molecular complexity index is 873. The summed E-state index contributed by atoms with van der Waals surface area (Å²) in [6.45, 7) is 6.04. The molecule has 4 heteroatoms. The van der Waals surface area contributed by atoms with Crippen LogP contribution in [0.1, 0.15) is 35.1 Å². The normalized spacial score (nSPS) is 17.3. The summed E-state index contributed by atoms with van der Waals surface area (Å²) in [6.07, 6.45) is 6.04. The molecule has 1 atom stereocenters. The molecule has 1 saturated heterocycles. The largest absolute Gasteiger partial charge is 0.371 e. The zero-order valence-corrected chi connectivity index (χ0v) is 15.8. The Morgan fingerprint density at radius 2 is 1.93 bits per heavy atom. The molecule has 2 aromatic rings. The minimum absolute atomic E-state index is 0.343. The molecule has 0 N–H and O–H groups in total. The molecule has 1 fully saturated rings. The van der Waals surface area contributed by atoms with Crippen LogP contribution in [0, 0.1) is 42.7 Å². The number of anilines is 1. The van der Waals surface area contributed by atoms with Crippen LogP contribution >= 0.6 is 0 Å². The fraction of sp³-hybridized carbons (Fsp3) is 0.348. The van der Waals surface area contributed by atoms with Crippen molar-refractivity contribution >= 4 is 11.8 Å². The van der Waals surface area contributed by atoms with Crippen LogP contribution in [-0.2, 0) is 6.42 Å². The molecule has 0 radical (unpaired) electrons. The monoisotopic (exact) mass is 366 g/mol. The lowest BCUT2D eigenvalue weighted by Gasteiger charge is -2.36. The number of hydrogen-bond donors (Lipinski definition) is 0. The van der Waals surface area contributed by atoms with Crippen molar-refractivity contribution in [3.05, 3.63) is 70.3 Å². The van der Waals surface area contributed by atoms with Crippen LogP contribution in [0.5, 0.6) is 0 Å². The third-order valence-corrected chi connectivity index (χ3v) is 5.22. The quantitative estimate of drug-likeness (QED) is 0.661. The Kier molecular flexibility index (Phi) is 5.91. The highest BCUT2D eigenvalue weighted by Crippen LogP contribution is 2.32. The molecule has 2 nitrogen and oxygen atoms in total. The molecule has 27 heavy (non-hydrogen) atoms. The molecule has 1 unspecified atom stereocenters. The minimum Gasteiger partial charge on any atom is -0.371 e. The number of hydrogen-bond acceptors (Lipinski definition) is 2. The molecule has 140 valence electrons. The molecule has 1 aliphatic heterocycles. The van der Waals surface area contributed by atoms with E-state index in [1.54, 1.807) is 6.07 Å². The fourth-order valence-corrected chi connectivity index (χ4v) is 4.15. The number of halogens is 2. The predicted octanol–water partition coefficient (Wildman–Crippen LogP) is 5.58. The van der Waals surface area contributed by atoms with E-state index in [0.717, 1.165) is 37.6 Å². The number of piperidine rings is 1. The van der Waals surface area contributed by atoms with Gasteiger partial charge in [0, 0.05) is 30.9 Å². The summed E-state index contributed by atoms with van der Waals surface area (Å²) in [6, 6.07) is 10.1. The van der Waals surface area contributed by atoms with Gasteiger partial charge < -0.3 is 4.90 Å². The van der Waals surface area contributed by atoms with Crippen molar-refractivity contribution in [3.8, 4) is 6.07 Å². The summed E-state index contributed by atoms with van der Waals surface area (Å²) in [4.78, 5) is 2.39. The van der Waals surface area contributed by atoms with Crippen LogP contribution < -0.4 is 4.90 Å². The molecular weight excluding hydrogens is 342 g/mol. The summed E-state index contributed by atoms with van der Waals surface area (Å²) in [5, 5.41) is 8.72. The van der Waals surface area contributed by atoms with E-state index in [4.69, 9.17) is 5.26 Å². The topological polar surface area (TPSA) is 27.0 Å². The van der Waals surface area contributed by atoms with Gasteiger partial charge in [-0.2, -0.15) is 5.26 Å². The Morgan fingerprint density at radius 3 is 2.59 bits per heavy atom. The van der Waals surface area contributed by atoms with E-state index in [1.807, 2.05) is 12.1 Å². The average molecular weight is 366 g/mol. The van der Waals surface area contributed by atoms with Gasteiger partial charge >= 0.3 is 0 Å². The second-order valence-electron chi connectivity index (χ2n) is 7.36. The van der Waals surface area contributed by atoms with Crippen LogP contribution in [0.4, 0.5) is 14.5 Å². The van der Waals surface area contributed by atoms with E-state index in [2.05, 4.69) is 30.9 Å². The maximum atomic E-state index is 14.0. The Labute approximate surface area is 159 Å². The van der Waals surface area contributed by atoms with Gasteiger partial charge in [0.2, 0.25) is 0 Å². The maximum Gasteiger partial charge on any atom is 0.129 e. The van der Waals surface area contributed by atoms with Gasteiger partial charge in [-0.15, -0.1) is 0 Å². The molecule has 3 rings (SSSR count). The lowest BCUT2D eigenvalue weighted by Crippen LogP contribution is -2.37. The number of aryl methyl sites for hydroxylation is 2. The van der Waals surface area contributed by atoms with E-state index in [9.17, 15) is 8.78 Å². The SMILES string of the molecule is Cc1cc(/C=C/C#N)cc(C)c1N1CCCC(Cc2ccc(F)cc2F)C1. The van der Waals surface area contributed by atoms with Crippen molar-refractivity contribution in [3.63, 3.8) is 0 Å². The first kappa shape index (κ1) is 19.1. The molecule has 0 aromatic heterocycles. The van der Waals surface area contributed by atoms with Crippen molar-refractivity contribution in [1.82, 2.24) is 0 Å². The van der Waals surface area contributed by atoms with Crippen molar-refractivity contribution < 1.29 is 8.78 Å². The van der Waals surface area contributed by atoms with Crippen molar-refractivity contribution in [1.29, 1.82) is 5.26 Å². The van der Waals surface area contributed by atoms with E-state index >= 15 is 0 Å². The van der Waals surface area contributed by atoms with Gasteiger partial charge in [0.25, 0.3) is 0 Å². The third kappa shape index (κ3) is 4.54. The van der Waals surface area contributed by atoms with Gasteiger partial charge in [0.05, 0.1) is 6.07 Å². The van der Waals surface area contributed by atoms with Gasteiger partial charge in [-0.1, -0.05) is 6.07 Å². The highest BCUT2D eigenvalue weighted by Gasteiger charge is 2.23. The van der Waals surface area contributed by atoms with Crippen LogP contribution in [-0.4, -0.2) is 13.1 Å². The van der Waals surface area contributed by atoms with Crippen LogP contribution in [0.25, 0.3) is 6.08 Å². The van der Waals surface area contributed by atoms with E-state index in [1.165, 1.54) is 29.0 Å². The van der Waals surface area contributed by atoms with Crippen molar-refractivity contribution in [2.45, 2.75) is 33.1 Å². The van der Waals surface area contributed by atoms with Crippen molar-refractivity contribution in [2.75, 3.05) is 18.0 Å². The van der Waals surface area contributed by atoms with Gasteiger partial charge in [-0.25, -0.2) is 8.78 Å². The Hall–Kier alpha value is -2.67. The number of benzene rings is 2. The van der Waals surface area contributed by atoms with Crippen LogP contribution in [0.3, 0.4) is 0 Å². The Morgan fingerprint density at radius 1 is 1.19 bits per heavy atom. The average Bonchev–Trinajstić information content (AvgIpc) is 2.62. The van der Waals surface area contributed by atoms with Gasteiger partial charge in [-0.05, 0) is 85.6 Å². The molecule has 1 aliphatic rings. The zero-order chi connectivity index (χ0) is 19.4. The lowest BCUT2D eigenvalue weighted by molar-refractivity contribution is 0.406. The number of allylic oxidation sites excluding steroid dienone is 1. The third-order valence-electron chi connectivity index (χ3n) is 5.22. The first-order chi connectivity index (χ1) is 13.0. The predicted molar refractivity (Wildman–Crippen MR) is 106 cm³/mol. The fourth-order valence-electron chi connectivity index (χ4n) is 4.15. The molecule has 0 aliphatic carbocycles. The van der Waals surface area contributed by atoms with Gasteiger partial charge in [-0.3, -0.25) is 0 Å². The Balaban J connectivity index is 1.78. The van der Waals surface area contributed by atoms with Gasteiger partial charge in [0.1, 0.15) is 11.6 Å². The first-order valence-electron chi connectivity index (χ1n) is 9.34. The van der Waals surface area contributed by atoms with Gasteiger partial charge in [0.15, 0.2) is 0 Å². The van der Waals surface area contributed by atoms with E-state index in [-0.39, 0.29) is 0 Å². The molecule has 0 amide bonds. The second kappa shape index (κ2) is 8.35. The maximum absolute atomic E-state index is 14.0. The first-order valence-corrected chi connectivity index (χ1v) is 9.34. The second-order valence-corrected chi connectivity index (χ2v) is 7.36. The number of rotatable bonds is 4. The smallest absolute Gasteiger partial charge is 0.129 e.